The minimum absolute atomic E-state index is 0.468. The summed E-state index contributed by atoms with van der Waals surface area (Å²) in [5.41, 5.74) is 1.72. The van der Waals surface area contributed by atoms with Gasteiger partial charge in [-0.05, 0) is 30.9 Å². The molecule has 15 heavy (non-hydrogen) atoms. The number of hydrogen-bond acceptors (Lipinski definition) is 3. The standard InChI is InChI=1S/C12H14O3/c1-14-10-6-5-9(7-13)11(8-3-4-8)12(10)15-2/h5-8H,3-4H2,1-2H3. The van der Waals surface area contributed by atoms with E-state index in [1.165, 1.54) is 0 Å². The van der Waals surface area contributed by atoms with Crippen molar-refractivity contribution in [2.75, 3.05) is 14.2 Å². The highest BCUT2D eigenvalue weighted by Crippen LogP contribution is 2.48. The van der Waals surface area contributed by atoms with E-state index in [4.69, 9.17) is 9.47 Å². The highest BCUT2D eigenvalue weighted by molar-refractivity contribution is 5.80. The lowest BCUT2D eigenvalue weighted by atomic mass is 10.0. The lowest BCUT2D eigenvalue weighted by molar-refractivity contribution is 0.112. The first kappa shape index (κ1) is 10.0. The Morgan fingerprint density at radius 1 is 1.27 bits per heavy atom. The van der Waals surface area contributed by atoms with E-state index in [1.54, 1.807) is 26.4 Å². The van der Waals surface area contributed by atoms with Crippen molar-refractivity contribution in [2.45, 2.75) is 18.8 Å². The average Bonchev–Trinajstić information content (AvgIpc) is 3.10. The SMILES string of the molecule is COc1ccc(C=O)c(C2CC2)c1OC. The van der Waals surface area contributed by atoms with Crippen molar-refractivity contribution in [1.29, 1.82) is 0 Å². The topological polar surface area (TPSA) is 35.5 Å². The van der Waals surface area contributed by atoms with Crippen molar-refractivity contribution in [2.24, 2.45) is 0 Å². The molecule has 0 heterocycles. The molecule has 3 heteroatoms. The summed E-state index contributed by atoms with van der Waals surface area (Å²) in [6.07, 6.45) is 3.14. The Kier molecular flexibility index (Phi) is 2.62. The third-order valence-electron chi connectivity index (χ3n) is 2.73. The Morgan fingerprint density at radius 3 is 2.47 bits per heavy atom. The molecule has 0 amide bonds. The summed E-state index contributed by atoms with van der Waals surface area (Å²) in [5, 5.41) is 0. The molecule has 0 unspecified atom stereocenters. The van der Waals surface area contributed by atoms with Crippen molar-refractivity contribution in [1.82, 2.24) is 0 Å². The van der Waals surface area contributed by atoms with Gasteiger partial charge in [0.1, 0.15) is 6.29 Å². The number of hydrogen-bond donors (Lipinski definition) is 0. The van der Waals surface area contributed by atoms with Gasteiger partial charge < -0.3 is 9.47 Å². The van der Waals surface area contributed by atoms with Crippen molar-refractivity contribution in [3.05, 3.63) is 23.3 Å². The largest absolute Gasteiger partial charge is 0.493 e. The summed E-state index contributed by atoms with van der Waals surface area (Å²) in [6.45, 7) is 0. The average molecular weight is 206 g/mol. The first-order chi connectivity index (χ1) is 7.31. The lowest BCUT2D eigenvalue weighted by Crippen LogP contribution is -1.99. The molecule has 1 aromatic carbocycles. The van der Waals surface area contributed by atoms with Gasteiger partial charge in [0.05, 0.1) is 14.2 Å². The molecule has 3 nitrogen and oxygen atoms in total. The molecule has 0 N–H and O–H groups in total. The molecular weight excluding hydrogens is 192 g/mol. The van der Waals surface area contributed by atoms with Gasteiger partial charge in [-0.1, -0.05) is 0 Å². The molecule has 80 valence electrons. The monoisotopic (exact) mass is 206 g/mol. The maximum atomic E-state index is 10.9. The van der Waals surface area contributed by atoms with Gasteiger partial charge in [0, 0.05) is 11.1 Å². The Balaban J connectivity index is 2.56. The fourth-order valence-corrected chi connectivity index (χ4v) is 1.86. The van der Waals surface area contributed by atoms with E-state index < -0.39 is 0 Å². The van der Waals surface area contributed by atoms with Crippen LogP contribution in [0, 0.1) is 0 Å². The first-order valence-corrected chi connectivity index (χ1v) is 5.01. The number of aldehydes is 1. The van der Waals surface area contributed by atoms with Gasteiger partial charge in [-0.15, -0.1) is 0 Å². The van der Waals surface area contributed by atoms with E-state index in [1.807, 2.05) is 0 Å². The lowest BCUT2D eigenvalue weighted by Gasteiger charge is -2.13. The second-order valence-corrected chi connectivity index (χ2v) is 3.70. The van der Waals surface area contributed by atoms with Crippen LogP contribution in [0.4, 0.5) is 0 Å². The third kappa shape index (κ3) is 1.69. The second-order valence-electron chi connectivity index (χ2n) is 3.70. The Hall–Kier alpha value is -1.51. The minimum Gasteiger partial charge on any atom is -0.493 e. The molecule has 2 rings (SSSR count). The molecule has 0 radical (unpaired) electrons. The summed E-state index contributed by atoms with van der Waals surface area (Å²) < 4.78 is 10.5. The van der Waals surface area contributed by atoms with E-state index in [-0.39, 0.29) is 0 Å². The maximum absolute atomic E-state index is 10.9. The molecule has 1 aliphatic rings. The maximum Gasteiger partial charge on any atom is 0.164 e. The summed E-state index contributed by atoms with van der Waals surface area (Å²) in [4.78, 5) is 10.9. The summed E-state index contributed by atoms with van der Waals surface area (Å²) in [5.74, 6) is 1.88. The summed E-state index contributed by atoms with van der Waals surface area (Å²) in [6, 6.07) is 3.57. The fourth-order valence-electron chi connectivity index (χ4n) is 1.86. The van der Waals surface area contributed by atoms with Crippen molar-refractivity contribution in [3.63, 3.8) is 0 Å². The van der Waals surface area contributed by atoms with Crippen LogP contribution in [0.1, 0.15) is 34.7 Å². The van der Waals surface area contributed by atoms with Gasteiger partial charge in [0.15, 0.2) is 11.5 Å². The Labute approximate surface area is 89.0 Å². The van der Waals surface area contributed by atoms with E-state index in [2.05, 4.69) is 0 Å². The highest BCUT2D eigenvalue weighted by atomic mass is 16.5. The van der Waals surface area contributed by atoms with Crippen LogP contribution in [-0.2, 0) is 0 Å². The van der Waals surface area contributed by atoms with E-state index >= 15 is 0 Å². The smallest absolute Gasteiger partial charge is 0.164 e. The second kappa shape index (κ2) is 3.93. The summed E-state index contributed by atoms with van der Waals surface area (Å²) >= 11 is 0. The van der Waals surface area contributed by atoms with Crippen molar-refractivity contribution in [3.8, 4) is 11.5 Å². The molecule has 1 aliphatic carbocycles. The molecule has 0 spiro atoms. The van der Waals surface area contributed by atoms with Crippen LogP contribution in [0.2, 0.25) is 0 Å². The minimum atomic E-state index is 0.468. The van der Waals surface area contributed by atoms with Crippen molar-refractivity contribution >= 4 is 6.29 Å². The first-order valence-electron chi connectivity index (χ1n) is 5.01. The zero-order valence-electron chi connectivity index (χ0n) is 8.95. The zero-order valence-corrected chi connectivity index (χ0v) is 8.95. The van der Waals surface area contributed by atoms with Crippen LogP contribution < -0.4 is 9.47 Å². The number of ether oxygens (including phenoxy) is 2. The quantitative estimate of drug-likeness (QED) is 0.709. The number of methoxy groups -OCH3 is 2. The van der Waals surface area contributed by atoms with Crippen LogP contribution >= 0.6 is 0 Å². The predicted molar refractivity (Wildman–Crippen MR) is 56.9 cm³/mol. The zero-order chi connectivity index (χ0) is 10.8. The van der Waals surface area contributed by atoms with Crippen molar-refractivity contribution < 1.29 is 14.3 Å². The molecule has 0 aliphatic heterocycles. The molecule has 0 atom stereocenters. The van der Waals surface area contributed by atoms with Gasteiger partial charge in [-0.3, -0.25) is 4.79 Å². The Bertz CT molecular complexity index is 381. The number of benzene rings is 1. The molecule has 0 bridgehead atoms. The van der Waals surface area contributed by atoms with Gasteiger partial charge >= 0.3 is 0 Å². The predicted octanol–water partition coefficient (Wildman–Crippen LogP) is 2.39. The van der Waals surface area contributed by atoms with Gasteiger partial charge in [-0.2, -0.15) is 0 Å². The third-order valence-corrected chi connectivity index (χ3v) is 2.73. The normalized spacial score (nSPS) is 14.8. The van der Waals surface area contributed by atoms with Crippen LogP contribution in [0.3, 0.4) is 0 Å². The fraction of sp³-hybridized carbons (Fsp3) is 0.417. The van der Waals surface area contributed by atoms with Crippen LogP contribution in [-0.4, -0.2) is 20.5 Å². The van der Waals surface area contributed by atoms with E-state index in [9.17, 15) is 4.79 Å². The van der Waals surface area contributed by atoms with Gasteiger partial charge in [-0.25, -0.2) is 0 Å². The Morgan fingerprint density at radius 2 is 2.00 bits per heavy atom. The van der Waals surface area contributed by atoms with Crippen LogP contribution in [0.25, 0.3) is 0 Å². The molecule has 1 aromatic rings. The molecule has 1 fully saturated rings. The van der Waals surface area contributed by atoms with Gasteiger partial charge in [0.25, 0.3) is 0 Å². The van der Waals surface area contributed by atoms with Crippen LogP contribution in [0.5, 0.6) is 11.5 Å². The number of rotatable bonds is 4. The van der Waals surface area contributed by atoms with E-state index in [0.29, 0.717) is 17.4 Å². The van der Waals surface area contributed by atoms with Crippen LogP contribution in [0.15, 0.2) is 12.1 Å². The molecule has 1 saturated carbocycles. The molecule has 0 saturated heterocycles. The number of carbonyl (C=O) groups is 1. The highest BCUT2D eigenvalue weighted by Gasteiger charge is 2.30. The molecule has 0 aromatic heterocycles. The summed E-state index contributed by atoms with van der Waals surface area (Å²) in [7, 11) is 3.22. The van der Waals surface area contributed by atoms with E-state index in [0.717, 1.165) is 30.3 Å². The molecular formula is C12H14O3. The number of carbonyl (C=O) groups excluding carboxylic acids is 1. The van der Waals surface area contributed by atoms with Gasteiger partial charge in [0.2, 0.25) is 0 Å².